The van der Waals surface area contributed by atoms with E-state index in [-0.39, 0.29) is 22.7 Å². The van der Waals surface area contributed by atoms with Crippen LogP contribution in [-0.4, -0.2) is 27.2 Å². The maximum Gasteiger partial charge on any atom is 0.404 e. The first kappa shape index (κ1) is 11.6. The van der Waals surface area contributed by atoms with Gasteiger partial charge in [0.15, 0.2) is 0 Å². The van der Waals surface area contributed by atoms with Crippen LogP contribution in [0.4, 0.5) is 5.82 Å². The van der Waals surface area contributed by atoms with Crippen LogP contribution >= 0.6 is 15.9 Å². The molecule has 0 aliphatic rings. The molecule has 0 aromatic carbocycles. The van der Waals surface area contributed by atoms with E-state index in [0.717, 1.165) is 0 Å². The maximum atomic E-state index is 11.1. The van der Waals surface area contributed by atoms with Crippen molar-refractivity contribution >= 4 is 27.7 Å². The highest BCUT2D eigenvalue weighted by Crippen LogP contribution is 2.21. The number of carbonyl (C=O) groups excluding carboxylic acids is 1. The molecule has 7 nitrogen and oxygen atoms in total. The summed E-state index contributed by atoms with van der Waals surface area (Å²) in [4.78, 5) is 21.0. The van der Waals surface area contributed by atoms with Crippen molar-refractivity contribution in [3.05, 3.63) is 20.8 Å². The van der Waals surface area contributed by atoms with Crippen LogP contribution in [0.5, 0.6) is 0 Å². The molecule has 0 atom stereocenters. The quantitative estimate of drug-likeness (QED) is 0.647. The van der Waals surface area contributed by atoms with E-state index < -0.39 is 4.92 Å². The fraction of sp³-hybridized carbons (Fsp3) is 0.429. The van der Waals surface area contributed by atoms with Crippen molar-refractivity contribution in [2.75, 3.05) is 6.54 Å². The fourth-order valence-corrected chi connectivity index (χ4v) is 1.45. The lowest BCUT2D eigenvalue weighted by molar-refractivity contribution is -0.390. The Morgan fingerprint density at radius 1 is 1.80 bits per heavy atom. The first-order chi connectivity index (χ1) is 7.04. The van der Waals surface area contributed by atoms with Gasteiger partial charge in [-0.2, -0.15) is 4.68 Å². The molecule has 8 heteroatoms. The van der Waals surface area contributed by atoms with Gasteiger partial charge < -0.3 is 15.4 Å². The van der Waals surface area contributed by atoms with Crippen LogP contribution in [0.1, 0.15) is 6.92 Å². The second kappa shape index (κ2) is 4.87. The van der Waals surface area contributed by atoms with E-state index in [0.29, 0.717) is 6.54 Å². The maximum absolute atomic E-state index is 11.1. The Labute approximate surface area is 93.7 Å². The molecule has 0 aliphatic carbocycles. The van der Waals surface area contributed by atoms with Crippen molar-refractivity contribution < 1.29 is 9.72 Å². The minimum Gasteiger partial charge on any atom is -0.358 e. The van der Waals surface area contributed by atoms with Crippen LogP contribution < -0.4 is 5.32 Å². The van der Waals surface area contributed by atoms with Crippen LogP contribution in [0.15, 0.2) is 10.7 Å². The van der Waals surface area contributed by atoms with Gasteiger partial charge in [-0.15, -0.1) is 0 Å². The van der Waals surface area contributed by atoms with Gasteiger partial charge in [0.25, 0.3) is 0 Å². The number of halogens is 1. The summed E-state index contributed by atoms with van der Waals surface area (Å²) in [6.45, 7) is 2.28. The number of aromatic nitrogens is 2. The van der Waals surface area contributed by atoms with E-state index in [1.807, 2.05) is 0 Å². The lowest BCUT2D eigenvalue weighted by Crippen LogP contribution is -2.27. The highest BCUT2D eigenvalue weighted by atomic mass is 79.9. The molecule has 0 unspecified atom stereocenters. The normalized spacial score (nSPS) is 10.0. The molecule has 0 fully saturated rings. The largest absolute Gasteiger partial charge is 0.404 e. The van der Waals surface area contributed by atoms with Crippen molar-refractivity contribution in [2.24, 2.45) is 0 Å². The minimum absolute atomic E-state index is 0.0275. The van der Waals surface area contributed by atoms with Crippen molar-refractivity contribution in [2.45, 2.75) is 13.5 Å². The zero-order chi connectivity index (χ0) is 11.4. The number of likely N-dealkylation sites (N-methyl/N-ethyl adjacent to an activating group) is 1. The lowest BCUT2D eigenvalue weighted by Gasteiger charge is -1.97. The molecule has 15 heavy (non-hydrogen) atoms. The van der Waals surface area contributed by atoms with Gasteiger partial charge in [0.1, 0.15) is 11.0 Å². The Bertz CT molecular complexity index is 390. The van der Waals surface area contributed by atoms with Gasteiger partial charge in [-0.3, -0.25) is 4.79 Å². The fourth-order valence-electron chi connectivity index (χ4n) is 0.992. The van der Waals surface area contributed by atoms with E-state index in [1.165, 1.54) is 10.9 Å². The number of amides is 1. The summed E-state index contributed by atoms with van der Waals surface area (Å²) in [5.74, 6) is -0.526. The molecule has 0 bridgehead atoms. The van der Waals surface area contributed by atoms with Crippen LogP contribution in [0.25, 0.3) is 0 Å². The minimum atomic E-state index is -0.613. The van der Waals surface area contributed by atoms with Gasteiger partial charge in [0.05, 0.1) is 11.3 Å². The Kier molecular flexibility index (Phi) is 3.78. The van der Waals surface area contributed by atoms with Crippen molar-refractivity contribution in [1.82, 2.24) is 15.1 Å². The molecule has 82 valence electrons. The van der Waals surface area contributed by atoms with Crippen LogP contribution in [0.3, 0.4) is 0 Å². The zero-order valence-electron chi connectivity index (χ0n) is 7.94. The Balaban J connectivity index is 2.75. The zero-order valence-corrected chi connectivity index (χ0v) is 9.52. The summed E-state index contributed by atoms with van der Waals surface area (Å²) >= 11 is 2.99. The Morgan fingerprint density at radius 2 is 2.47 bits per heavy atom. The number of nitrogens with one attached hydrogen (secondary N) is 1. The molecule has 0 saturated heterocycles. The molecule has 1 aromatic heterocycles. The topological polar surface area (TPSA) is 90.1 Å². The highest BCUT2D eigenvalue weighted by Gasteiger charge is 2.19. The van der Waals surface area contributed by atoms with Crippen LogP contribution in [0, 0.1) is 10.1 Å². The number of carbonyl (C=O) groups is 1. The molecule has 1 rings (SSSR count). The average Bonchev–Trinajstić information content (AvgIpc) is 2.47. The molecule has 1 heterocycles. The number of hydrogen-bond donors (Lipinski definition) is 1. The molecule has 0 saturated carbocycles. The number of nitrogens with zero attached hydrogens (tertiary/aromatic N) is 3. The molecular weight excluding hydrogens is 268 g/mol. The van der Waals surface area contributed by atoms with Gasteiger partial charge in [-0.05, 0) is 27.8 Å². The van der Waals surface area contributed by atoms with Gasteiger partial charge in [-0.1, -0.05) is 0 Å². The highest BCUT2D eigenvalue weighted by molar-refractivity contribution is 9.10. The van der Waals surface area contributed by atoms with Crippen LogP contribution in [-0.2, 0) is 11.3 Å². The summed E-state index contributed by atoms with van der Waals surface area (Å²) in [6.07, 6.45) is 1.40. The number of nitro groups is 1. The average molecular weight is 277 g/mol. The van der Waals surface area contributed by atoms with E-state index >= 15 is 0 Å². The van der Waals surface area contributed by atoms with Gasteiger partial charge in [-0.25, -0.2) is 0 Å². The molecule has 1 aromatic rings. The summed E-state index contributed by atoms with van der Waals surface area (Å²) in [6, 6.07) is 0. The first-order valence-electron chi connectivity index (χ1n) is 4.18. The van der Waals surface area contributed by atoms with E-state index in [9.17, 15) is 14.9 Å². The second-order valence-corrected chi connectivity index (χ2v) is 3.56. The predicted octanol–water partition coefficient (Wildman–Crippen LogP) is 0.690. The molecule has 1 N–H and O–H groups in total. The second-order valence-electron chi connectivity index (χ2n) is 2.71. The third-order valence-corrected chi connectivity index (χ3v) is 2.11. The summed E-state index contributed by atoms with van der Waals surface area (Å²) in [5.41, 5.74) is 0. The number of rotatable bonds is 4. The lowest BCUT2D eigenvalue weighted by atomic mass is 10.5. The van der Waals surface area contributed by atoms with Crippen molar-refractivity contribution in [1.29, 1.82) is 0 Å². The standard InChI is InChI=1S/C7H9BrN4O3/c1-2-9-6(13)4-11-3-5(8)7(10-11)12(14)15/h3H,2,4H2,1H3,(H,9,13). The monoisotopic (exact) mass is 276 g/mol. The summed E-state index contributed by atoms with van der Waals surface area (Å²) < 4.78 is 1.48. The Hall–Kier alpha value is -1.44. The summed E-state index contributed by atoms with van der Waals surface area (Å²) in [5, 5.41) is 16.7. The SMILES string of the molecule is CCNC(=O)Cn1cc(Br)c([N+](=O)[O-])n1. The predicted molar refractivity (Wildman–Crippen MR) is 55.3 cm³/mol. The molecular formula is C7H9BrN4O3. The van der Waals surface area contributed by atoms with Gasteiger partial charge in [0.2, 0.25) is 5.91 Å². The van der Waals surface area contributed by atoms with Gasteiger partial charge >= 0.3 is 5.82 Å². The smallest absolute Gasteiger partial charge is 0.358 e. The third kappa shape index (κ3) is 3.01. The van der Waals surface area contributed by atoms with Crippen molar-refractivity contribution in [3.63, 3.8) is 0 Å². The summed E-state index contributed by atoms with van der Waals surface area (Å²) in [7, 11) is 0. The molecule has 0 aliphatic heterocycles. The van der Waals surface area contributed by atoms with Crippen LogP contribution in [0.2, 0.25) is 0 Å². The molecule has 1 amide bonds. The van der Waals surface area contributed by atoms with Gasteiger partial charge in [0, 0.05) is 6.54 Å². The Morgan fingerprint density at radius 3 is 2.93 bits per heavy atom. The third-order valence-electron chi connectivity index (χ3n) is 1.55. The molecule has 0 radical (unpaired) electrons. The number of hydrogen-bond acceptors (Lipinski definition) is 4. The first-order valence-corrected chi connectivity index (χ1v) is 4.98. The van der Waals surface area contributed by atoms with Crippen molar-refractivity contribution in [3.8, 4) is 0 Å². The molecule has 0 spiro atoms. The van der Waals surface area contributed by atoms with E-state index in [2.05, 4.69) is 26.3 Å². The van der Waals surface area contributed by atoms with E-state index in [1.54, 1.807) is 6.92 Å². The van der Waals surface area contributed by atoms with E-state index in [4.69, 9.17) is 0 Å².